The highest BCUT2D eigenvalue weighted by atomic mass is 16.6. The number of rotatable bonds is 16. The Hall–Kier alpha value is -1.10. The van der Waals surface area contributed by atoms with E-state index in [1.54, 1.807) is 0 Å². The third-order valence-corrected chi connectivity index (χ3v) is 7.77. The summed E-state index contributed by atoms with van der Waals surface area (Å²) in [5, 5.41) is 0. The van der Waals surface area contributed by atoms with Gasteiger partial charge >= 0.3 is 11.9 Å². The van der Waals surface area contributed by atoms with Gasteiger partial charge in [0.15, 0.2) is 0 Å². The predicted molar refractivity (Wildman–Crippen MR) is 123 cm³/mol. The SMILES string of the molecule is CCCCCCCCC1(C(=O)OC)CC2OC2CC1(CCCCCCCC)C(=O)OC. The summed E-state index contributed by atoms with van der Waals surface area (Å²) in [6.07, 6.45) is 16.5. The van der Waals surface area contributed by atoms with Crippen molar-refractivity contribution in [1.29, 1.82) is 0 Å². The van der Waals surface area contributed by atoms with Crippen molar-refractivity contribution < 1.29 is 23.8 Å². The Balaban J connectivity index is 2.19. The molecule has 0 aromatic heterocycles. The summed E-state index contributed by atoms with van der Waals surface area (Å²) in [5.41, 5.74) is -1.67. The lowest BCUT2D eigenvalue weighted by atomic mass is 9.52. The number of unbranched alkanes of at least 4 members (excludes halogenated alkanes) is 10. The van der Waals surface area contributed by atoms with E-state index in [-0.39, 0.29) is 24.1 Å². The molecule has 1 heterocycles. The van der Waals surface area contributed by atoms with Crippen molar-refractivity contribution >= 4 is 11.9 Å². The first-order valence-corrected chi connectivity index (χ1v) is 12.8. The maximum Gasteiger partial charge on any atom is 0.313 e. The molecule has 0 aromatic rings. The normalized spacial score (nSPS) is 29.3. The van der Waals surface area contributed by atoms with Crippen LogP contribution in [0.15, 0.2) is 0 Å². The Morgan fingerprint density at radius 2 is 1.03 bits per heavy atom. The maximum absolute atomic E-state index is 13.3. The topological polar surface area (TPSA) is 65.1 Å². The minimum absolute atomic E-state index is 0.0847. The molecule has 2 aliphatic rings. The molecule has 180 valence electrons. The molecule has 2 rings (SSSR count). The molecule has 0 bridgehead atoms. The van der Waals surface area contributed by atoms with E-state index in [9.17, 15) is 9.59 Å². The monoisotopic (exact) mass is 438 g/mol. The molecular formula is C26H46O5. The largest absolute Gasteiger partial charge is 0.469 e. The van der Waals surface area contributed by atoms with E-state index in [1.807, 2.05) is 0 Å². The van der Waals surface area contributed by atoms with Gasteiger partial charge in [-0.25, -0.2) is 0 Å². The van der Waals surface area contributed by atoms with Crippen LogP contribution in [0.5, 0.6) is 0 Å². The summed E-state index contributed by atoms with van der Waals surface area (Å²) in [6.45, 7) is 4.43. The van der Waals surface area contributed by atoms with Crippen molar-refractivity contribution in [2.45, 2.75) is 129 Å². The van der Waals surface area contributed by atoms with Gasteiger partial charge in [0, 0.05) is 0 Å². The molecule has 4 atom stereocenters. The first-order chi connectivity index (χ1) is 15.0. The van der Waals surface area contributed by atoms with Crippen LogP contribution >= 0.6 is 0 Å². The Kier molecular flexibility index (Phi) is 10.8. The minimum atomic E-state index is -0.833. The molecule has 1 aliphatic carbocycles. The van der Waals surface area contributed by atoms with Crippen molar-refractivity contribution in [3.05, 3.63) is 0 Å². The molecule has 1 saturated carbocycles. The molecule has 2 fully saturated rings. The van der Waals surface area contributed by atoms with Gasteiger partial charge in [-0.05, 0) is 25.7 Å². The van der Waals surface area contributed by atoms with E-state index in [0.717, 1.165) is 25.7 Å². The highest BCUT2D eigenvalue weighted by Gasteiger charge is 2.69. The van der Waals surface area contributed by atoms with Gasteiger partial charge in [-0.1, -0.05) is 90.9 Å². The van der Waals surface area contributed by atoms with Crippen molar-refractivity contribution in [1.82, 2.24) is 0 Å². The van der Waals surface area contributed by atoms with E-state index in [1.165, 1.54) is 65.6 Å². The molecule has 0 radical (unpaired) electrons. The van der Waals surface area contributed by atoms with Crippen LogP contribution in [0.25, 0.3) is 0 Å². The molecular weight excluding hydrogens is 392 g/mol. The van der Waals surface area contributed by atoms with E-state index < -0.39 is 10.8 Å². The lowest BCUT2D eigenvalue weighted by molar-refractivity contribution is -0.185. The van der Waals surface area contributed by atoms with Gasteiger partial charge in [0.05, 0.1) is 37.3 Å². The fraction of sp³-hybridized carbons (Fsp3) is 0.923. The smallest absolute Gasteiger partial charge is 0.313 e. The van der Waals surface area contributed by atoms with Gasteiger partial charge in [0.2, 0.25) is 0 Å². The highest BCUT2D eigenvalue weighted by molar-refractivity contribution is 5.89. The summed E-state index contributed by atoms with van der Waals surface area (Å²) in [4.78, 5) is 26.7. The van der Waals surface area contributed by atoms with Crippen LogP contribution in [0.1, 0.15) is 117 Å². The van der Waals surface area contributed by atoms with Gasteiger partial charge in [-0.3, -0.25) is 9.59 Å². The number of ether oxygens (including phenoxy) is 3. The van der Waals surface area contributed by atoms with Crippen molar-refractivity contribution in [3.63, 3.8) is 0 Å². The van der Waals surface area contributed by atoms with Gasteiger partial charge in [0.1, 0.15) is 0 Å². The average Bonchev–Trinajstić information content (AvgIpc) is 3.54. The second kappa shape index (κ2) is 12.8. The fourth-order valence-electron chi connectivity index (χ4n) is 5.87. The van der Waals surface area contributed by atoms with Crippen LogP contribution < -0.4 is 0 Å². The number of methoxy groups -OCH3 is 2. The van der Waals surface area contributed by atoms with Gasteiger partial charge in [-0.2, -0.15) is 0 Å². The molecule has 1 aliphatic heterocycles. The van der Waals surface area contributed by atoms with E-state index in [2.05, 4.69) is 13.8 Å². The van der Waals surface area contributed by atoms with Gasteiger partial charge < -0.3 is 14.2 Å². The second-order valence-electron chi connectivity index (χ2n) is 9.80. The third-order valence-electron chi connectivity index (χ3n) is 7.77. The van der Waals surface area contributed by atoms with Crippen LogP contribution in [-0.4, -0.2) is 38.4 Å². The molecule has 0 N–H and O–H groups in total. The number of carbonyl (C=O) groups is 2. The fourth-order valence-corrected chi connectivity index (χ4v) is 5.87. The summed E-state index contributed by atoms with van der Waals surface area (Å²) in [5.74, 6) is -0.488. The molecule has 1 saturated heterocycles. The Labute approximate surface area is 190 Å². The van der Waals surface area contributed by atoms with Crippen molar-refractivity contribution in [3.8, 4) is 0 Å². The van der Waals surface area contributed by atoms with Crippen molar-refractivity contribution in [2.24, 2.45) is 10.8 Å². The number of hydrogen-bond acceptors (Lipinski definition) is 5. The van der Waals surface area contributed by atoms with Gasteiger partial charge in [-0.15, -0.1) is 0 Å². The number of hydrogen-bond donors (Lipinski definition) is 0. The Morgan fingerprint density at radius 3 is 1.39 bits per heavy atom. The lowest BCUT2D eigenvalue weighted by Crippen LogP contribution is -2.57. The van der Waals surface area contributed by atoms with E-state index in [4.69, 9.17) is 14.2 Å². The van der Waals surface area contributed by atoms with Crippen LogP contribution in [0.3, 0.4) is 0 Å². The number of carbonyl (C=O) groups excluding carboxylic acids is 2. The molecule has 4 unspecified atom stereocenters. The molecule has 0 aromatic carbocycles. The standard InChI is InChI=1S/C26H46O5/c1-5-7-9-11-13-15-17-25(23(27)29-3)19-21-22(31-21)20-26(25,24(28)30-4)18-16-14-12-10-8-6-2/h21-22H,5-20H2,1-4H3. The van der Waals surface area contributed by atoms with E-state index >= 15 is 0 Å². The number of epoxide rings is 1. The van der Waals surface area contributed by atoms with Crippen LogP contribution in [-0.2, 0) is 23.8 Å². The molecule has 31 heavy (non-hydrogen) atoms. The quantitative estimate of drug-likeness (QED) is 0.159. The first-order valence-electron chi connectivity index (χ1n) is 12.8. The molecule has 0 spiro atoms. The number of fused-ring (bicyclic) bond motifs is 1. The Morgan fingerprint density at radius 1 is 0.677 bits per heavy atom. The van der Waals surface area contributed by atoms with Crippen LogP contribution in [0.4, 0.5) is 0 Å². The summed E-state index contributed by atoms with van der Waals surface area (Å²) in [7, 11) is 2.91. The maximum atomic E-state index is 13.3. The minimum Gasteiger partial charge on any atom is -0.469 e. The molecule has 5 heteroatoms. The zero-order valence-corrected chi connectivity index (χ0v) is 20.5. The van der Waals surface area contributed by atoms with Crippen LogP contribution in [0, 0.1) is 10.8 Å². The third kappa shape index (κ3) is 6.24. The van der Waals surface area contributed by atoms with E-state index in [0.29, 0.717) is 25.7 Å². The predicted octanol–water partition coefficient (Wildman–Crippen LogP) is 6.37. The summed E-state index contributed by atoms with van der Waals surface area (Å²) in [6, 6.07) is 0. The molecule has 5 nitrogen and oxygen atoms in total. The zero-order chi connectivity index (χ0) is 22.7. The number of esters is 2. The average molecular weight is 439 g/mol. The highest BCUT2D eigenvalue weighted by Crippen LogP contribution is 2.62. The Bertz CT molecular complexity index is 514. The lowest BCUT2D eigenvalue weighted by Gasteiger charge is -2.48. The summed E-state index contributed by atoms with van der Waals surface area (Å²) >= 11 is 0. The summed E-state index contributed by atoms with van der Waals surface area (Å²) < 4.78 is 16.6. The van der Waals surface area contributed by atoms with Gasteiger partial charge in [0.25, 0.3) is 0 Å². The zero-order valence-electron chi connectivity index (χ0n) is 20.5. The van der Waals surface area contributed by atoms with Crippen molar-refractivity contribution in [2.75, 3.05) is 14.2 Å². The second-order valence-corrected chi connectivity index (χ2v) is 9.80. The van der Waals surface area contributed by atoms with Crippen LogP contribution in [0.2, 0.25) is 0 Å². The first kappa shape index (κ1) is 26.2. The molecule has 0 amide bonds.